The summed E-state index contributed by atoms with van der Waals surface area (Å²) in [6.45, 7) is 4.66. The Morgan fingerprint density at radius 2 is 1.48 bits per heavy atom. The SMILES string of the molecule is Cc1cccc(C(=O)N2CCC([C@H](NC(=O)c3ccccc3)C(=O)N3CCCCC3)CC2)c1. The normalized spacial score (nSPS) is 18.0. The largest absolute Gasteiger partial charge is 0.341 e. The van der Waals surface area contributed by atoms with Crippen molar-refractivity contribution in [2.24, 2.45) is 5.92 Å². The lowest BCUT2D eigenvalue weighted by Gasteiger charge is -2.38. The van der Waals surface area contributed by atoms with Crippen molar-refractivity contribution in [3.05, 3.63) is 71.3 Å². The fourth-order valence-electron chi connectivity index (χ4n) is 4.90. The van der Waals surface area contributed by atoms with Crippen molar-refractivity contribution in [2.45, 2.75) is 45.1 Å². The van der Waals surface area contributed by atoms with E-state index in [4.69, 9.17) is 0 Å². The second kappa shape index (κ2) is 10.6. The topological polar surface area (TPSA) is 69.7 Å². The maximum Gasteiger partial charge on any atom is 0.253 e. The predicted molar refractivity (Wildman–Crippen MR) is 128 cm³/mol. The number of rotatable bonds is 5. The number of nitrogens with one attached hydrogen (secondary N) is 1. The quantitative estimate of drug-likeness (QED) is 0.761. The zero-order valence-electron chi connectivity index (χ0n) is 19.3. The van der Waals surface area contributed by atoms with E-state index in [1.54, 1.807) is 12.1 Å². The molecule has 2 aromatic rings. The summed E-state index contributed by atoms with van der Waals surface area (Å²) in [6, 6.07) is 16.1. The lowest BCUT2D eigenvalue weighted by Crippen LogP contribution is -2.55. The highest BCUT2D eigenvalue weighted by molar-refractivity contribution is 5.97. The molecule has 0 spiro atoms. The van der Waals surface area contributed by atoms with Crippen LogP contribution < -0.4 is 5.32 Å². The number of piperidine rings is 2. The van der Waals surface area contributed by atoms with Crippen LogP contribution in [0.3, 0.4) is 0 Å². The number of hydrogen-bond acceptors (Lipinski definition) is 3. The summed E-state index contributed by atoms with van der Waals surface area (Å²) < 4.78 is 0. The van der Waals surface area contributed by atoms with Crippen molar-refractivity contribution in [1.82, 2.24) is 15.1 Å². The van der Waals surface area contributed by atoms with Gasteiger partial charge in [0.1, 0.15) is 6.04 Å². The molecule has 0 bridgehead atoms. The lowest BCUT2D eigenvalue weighted by molar-refractivity contribution is -0.136. The lowest BCUT2D eigenvalue weighted by atomic mass is 9.87. The van der Waals surface area contributed by atoms with Crippen LogP contribution in [0.2, 0.25) is 0 Å². The van der Waals surface area contributed by atoms with Crippen molar-refractivity contribution in [3.63, 3.8) is 0 Å². The number of carbonyl (C=O) groups is 3. The highest BCUT2D eigenvalue weighted by atomic mass is 16.2. The Hall–Kier alpha value is -3.15. The number of hydrogen-bond donors (Lipinski definition) is 1. The van der Waals surface area contributed by atoms with Gasteiger partial charge in [-0.15, -0.1) is 0 Å². The van der Waals surface area contributed by atoms with Crippen LogP contribution in [-0.2, 0) is 4.79 Å². The van der Waals surface area contributed by atoms with Gasteiger partial charge in [-0.1, -0.05) is 35.9 Å². The van der Waals surface area contributed by atoms with Crippen molar-refractivity contribution < 1.29 is 14.4 Å². The first kappa shape index (κ1) is 23.0. The van der Waals surface area contributed by atoms with Crippen LogP contribution in [0.5, 0.6) is 0 Å². The average Bonchev–Trinajstić information content (AvgIpc) is 2.87. The van der Waals surface area contributed by atoms with Gasteiger partial charge in [0.2, 0.25) is 5.91 Å². The van der Waals surface area contributed by atoms with Crippen LogP contribution in [0.15, 0.2) is 54.6 Å². The van der Waals surface area contributed by atoms with Gasteiger partial charge in [-0.25, -0.2) is 0 Å². The molecule has 2 saturated heterocycles. The second-order valence-corrected chi connectivity index (χ2v) is 9.20. The third-order valence-corrected chi connectivity index (χ3v) is 6.82. The number of likely N-dealkylation sites (tertiary alicyclic amines) is 2. The zero-order chi connectivity index (χ0) is 23.2. The first-order valence-electron chi connectivity index (χ1n) is 12.0. The van der Waals surface area contributed by atoms with Crippen molar-refractivity contribution in [3.8, 4) is 0 Å². The molecule has 2 fully saturated rings. The second-order valence-electron chi connectivity index (χ2n) is 9.20. The van der Waals surface area contributed by atoms with Crippen LogP contribution in [0.25, 0.3) is 0 Å². The van der Waals surface area contributed by atoms with Gasteiger partial charge >= 0.3 is 0 Å². The summed E-state index contributed by atoms with van der Waals surface area (Å²) in [4.78, 5) is 43.1. The molecule has 0 radical (unpaired) electrons. The van der Waals surface area contributed by atoms with E-state index in [9.17, 15) is 14.4 Å². The van der Waals surface area contributed by atoms with E-state index in [1.165, 1.54) is 0 Å². The van der Waals surface area contributed by atoms with Crippen LogP contribution in [0.1, 0.15) is 58.4 Å². The van der Waals surface area contributed by atoms with E-state index in [-0.39, 0.29) is 23.6 Å². The minimum absolute atomic E-state index is 0.00801. The molecule has 0 aromatic heterocycles. The molecule has 3 amide bonds. The molecule has 0 aliphatic carbocycles. The first-order valence-corrected chi connectivity index (χ1v) is 12.0. The zero-order valence-corrected chi connectivity index (χ0v) is 19.3. The van der Waals surface area contributed by atoms with Gasteiger partial charge < -0.3 is 15.1 Å². The Morgan fingerprint density at radius 1 is 0.818 bits per heavy atom. The van der Waals surface area contributed by atoms with Gasteiger partial charge in [-0.05, 0) is 69.2 Å². The molecule has 1 N–H and O–H groups in total. The standard InChI is InChI=1S/C27H33N3O3/c1-20-9-8-12-23(19-20)26(32)30-17-13-21(14-18-30)24(27(33)29-15-6-3-7-16-29)28-25(31)22-10-4-2-5-11-22/h2,4-5,8-12,19,21,24H,3,6-7,13-18H2,1H3,(H,28,31)/t24-/m0/s1. The number of nitrogens with zero attached hydrogens (tertiary/aromatic N) is 2. The van der Waals surface area contributed by atoms with E-state index >= 15 is 0 Å². The van der Waals surface area contributed by atoms with E-state index < -0.39 is 6.04 Å². The number of amides is 3. The van der Waals surface area contributed by atoms with Gasteiger partial charge in [0, 0.05) is 37.3 Å². The Bertz CT molecular complexity index is 977. The van der Waals surface area contributed by atoms with Gasteiger partial charge in [-0.2, -0.15) is 0 Å². The Kier molecular flexibility index (Phi) is 7.43. The van der Waals surface area contributed by atoms with E-state index in [2.05, 4.69) is 5.32 Å². The van der Waals surface area contributed by atoms with Gasteiger partial charge in [0.05, 0.1) is 0 Å². The van der Waals surface area contributed by atoms with E-state index in [0.717, 1.165) is 37.9 Å². The number of carbonyl (C=O) groups excluding carboxylic acids is 3. The highest BCUT2D eigenvalue weighted by Crippen LogP contribution is 2.25. The van der Waals surface area contributed by atoms with Crippen LogP contribution in [0.4, 0.5) is 0 Å². The van der Waals surface area contributed by atoms with Crippen LogP contribution in [0, 0.1) is 12.8 Å². The summed E-state index contributed by atoms with van der Waals surface area (Å²) in [6.07, 6.45) is 4.54. The molecular weight excluding hydrogens is 414 g/mol. The fourth-order valence-corrected chi connectivity index (χ4v) is 4.90. The maximum atomic E-state index is 13.5. The molecule has 6 heteroatoms. The predicted octanol–water partition coefficient (Wildman–Crippen LogP) is 3.66. The first-order chi connectivity index (χ1) is 16.0. The van der Waals surface area contributed by atoms with Crippen molar-refractivity contribution in [2.75, 3.05) is 26.2 Å². The number of aryl methyl sites for hydroxylation is 1. The van der Waals surface area contributed by atoms with Gasteiger partial charge in [0.15, 0.2) is 0 Å². The van der Waals surface area contributed by atoms with Crippen molar-refractivity contribution in [1.29, 1.82) is 0 Å². The summed E-state index contributed by atoms with van der Waals surface area (Å²) in [7, 11) is 0. The molecule has 2 heterocycles. The minimum Gasteiger partial charge on any atom is -0.341 e. The van der Waals surface area contributed by atoms with E-state index in [0.29, 0.717) is 37.1 Å². The Morgan fingerprint density at radius 3 is 2.15 bits per heavy atom. The monoisotopic (exact) mass is 447 g/mol. The van der Waals surface area contributed by atoms with Crippen LogP contribution in [-0.4, -0.2) is 59.7 Å². The Balaban J connectivity index is 1.45. The molecule has 1 atom stereocenters. The third-order valence-electron chi connectivity index (χ3n) is 6.82. The molecule has 2 aromatic carbocycles. The molecule has 2 aliphatic rings. The molecular formula is C27H33N3O3. The molecule has 4 rings (SSSR count). The summed E-state index contributed by atoms with van der Waals surface area (Å²) in [5, 5.41) is 3.05. The molecule has 174 valence electrons. The summed E-state index contributed by atoms with van der Waals surface area (Å²) >= 11 is 0. The third kappa shape index (κ3) is 5.62. The smallest absolute Gasteiger partial charge is 0.253 e. The van der Waals surface area contributed by atoms with E-state index in [1.807, 2.05) is 59.2 Å². The molecule has 0 unspecified atom stereocenters. The fraction of sp³-hybridized carbons (Fsp3) is 0.444. The van der Waals surface area contributed by atoms with Gasteiger partial charge in [-0.3, -0.25) is 14.4 Å². The minimum atomic E-state index is -0.563. The van der Waals surface area contributed by atoms with Crippen molar-refractivity contribution >= 4 is 17.7 Å². The number of benzene rings is 2. The Labute approximate surface area is 196 Å². The summed E-state index contributed by atoms with van der Waals surface area (Å²) in [5.74, 6) is -0.162. The molecule has 2 aliphatic heterocycles. The molecule has 33 heavy (non-hydrogen) atoms. The molecule has 6 nitrogen and oxygen atoms in total. The summed E-state index contributed by atoms with van der Waals surface area (Å²) in [5.41, 5.74) is 2.32. The van der Waals surface area contributed by atoms with Crippen LogP contribution >= 0.6 is 0 Å². The van der Waals surface area contributed by atoms with Gasteiger partial charge in [0.25, 0.3) is 11.8 Å². The maximum absolute atomic E-state index is 13.5. The highest BCUT2D eigenvalue weighted by Gasteiger charge is 2.36. The average molecular weight is 448 g/mol. The molecule has 0 saturated carbocycles.